The van der Waals surface area contributed by atoms with Gasteiger partial charge in [-0.1, -0.05) is 30.3 Å². The number of nitrogens with one attached hydrogen (secondary N) is 2. The topological polar surface area (TPSA) is 54.9 Å². The van der Waals surface area contributed by atoms with Crippen LogP contribution in [0.25, 0.3) is 0 Å². The molecule has 0 aliphatic carbocycles. The highest BCUT2D eigenvalue weighted by Gasteiger charge is 2.05. The largest absolute Gasteiger partial charge is 0.497 e. The van der Waals surface area contributed by atoms with E-state index >= 15 is 0 Å². The molecule has 2 N–H and O–H groups in total. The van der Waals surface area contributed by atoms with Gasteiger partial charge in [-0.15, -0.1) is 0 Å². The molecular formula is C21H29N3O2. The summed E-state index contributed by atoms with van der Waals surface area (Å²) in [7, 11) is 3.35. The fourth-order valence-electron chi connectivity index (χ4n) is 2.68. The Morgan fingerprint density at radius 2 is 1.77 bits per heavy atom. The zero-order chi connectivity index (χ0) is 18.6. The molecule has 2 aromatic carbocycles. The monoisotopic (exact) mass is 355 g/mol. The lowest BCUT2D eigenvalue weighted by atomic mass is 10.1. The average molecular weight is 355 g/mol. The van der Waals surface area contributed by atoms with Crippen LogP contribution in [0.4, 0.5) is 0 Å². The molecule has 2 rings (SSSR count). The van der Waals surface area contributed by atoms with Gasteiger partial charge in [-0.2, -0.15) is 0 Å². The molecule has 140 valence electrons. The van der Waals surface area contributed by atoms with Crippen LogP contribution in [0.3, 0.4) is 0 Å². The first-order valence-corrected chi connectivity index (χ1v) is 9.03. The van der Waals surface area contributed by atoms with Crippen molar-refractivity contribution in [3.63, 3.8) is 0 Å². The summed E-state index contributed by atoms with van der Waals surface area (Å²) in [5, 5.41) is 6.68. The Balaban J connectivity index is 1.90. The van der Waals surface area contributed by atoms with Crippen LogP contribution in [0.5, 0.6) is 11.5 Å². The standard InChI is InChI=1S/C21H29N3O2/c1-4-22-21(23-14-12-17-8-6-5-7-9-17)24-15-13-18-16-19(25-2)10-11-20(18)26-3/h5-11,16H,4,12-15H2,1-3H3,(H2,22,23,24). The molecule has 26 heavy (non-hydrogen) atoms. The average Bonchev–Trinajstić information content (AvgIpc) is 2.68. The molecule has 0 spiro atoms. The SMILES string of the molecule is CCNC(=NCCc1cc(OC)ccc1OC)NCCc1ccccc1. The number of guanidine groups is 1. The molecule has 0 aliphatic rings. The molecule has 0 heterocycles. The molecule has 5 heteroatoms. The third-order valence-electron chi connectivity index (χ3n) is 4.03. The number of rotatable bonds is 9. The molecule has 0 amide bonds. The Morgan fingerprint density at radius 1 is 0.962 bits per heavy atom. The van der Waals surface area contributed by atoms with Crippen molar-refractivity contribution in [1.29, 1.82) is 0 Å². The molecule has 0 atom stereocenters. The van der Waals surface area contributed by atoms with Crippen LogP contribution in [0.15, 0.2) is 53.5 Å². The van der Waals surface area contributed by atoms with Crippen LogP contribution in [-0.2, 0) is 12.8 Å². The van der Waals surface area contributed by atoms with Gasteiger partial charge in [-0.3, -0.25) is 4.99 Å². The Labute approximate surface area is 156 Å². The minimum Gasteiger partial charge on any atom is -0.497 e. The van der Waals surface area contributed by atoms with Gasteiger partial charge >= 0.3 is 0 Å². The summed E-state index contributed by atoms with van der Waals surface area (Å²) in [6.45, 7) is 4.42. The number of methoxy groups -OCH3 is 2. The van der Waals surface area contributed by atoms with Crippen molar-refractivity contribution in [1.82, 2.24) is 10.6 Å². The lowest BCUT2D eigenvalue weighted by Crippen LogP contribution is -2.38. The van der Waals surface area contributed by atoms with E-state index in [9.17, 15) is 0 Å². The predicted octanol–water partition coefficient (Wildman–Crippen LogP) is 3.04. The first-order valence-electron chi connectivity index (χ1n) is 9.03. The quantitative estimate of drug-likeness (QED) is 0.536. The van der Waals surface area contributed by atoms with Crippen molar-refractivity contribution >= 4 is 5.96 Å². The van der Waals surface area contributed by atoms with Gasteiger partial charge in [0.2, 0.25) is 0 Å². The van der Waals surface area contributed by atoms with Crippen LogP contribution in [0.1, 0.15) is 18.1 Å². The van der Waals surface area contributed by atoms with Gasteiger partial charge < -0.3 is 20.1 Å². The zero-order valence-corrected chi connectivity index (χ0v) is 15.9. The van der Waals surface area contributed by atoms with Gasteiger partial charge in [0, 0.05) is 19.6 Å². The molecule has 0 unspecified atom stereocenters. The normalized spacial score (nSPS) is 11.1. The number of ether oxygens (including phenoxy) is 2. The van der Waals surface area contributed by atoms with Crippen molar-refractivity contribution in [3.05, 3.63) is 59.7 Å². The molecule has 5 nitrogen and oxygen atoms in total. The molecule has 0 aromatic heterocycles. The Kier molecular flexibility index (Phi) is 8.33. The summed E-state index contributed by atoms with van der Waals surface area (Å²) in [6, 6.07) is 16.3. The third kappa shape index (κ3) is 6.31. The molecule has 0 saturated carbocycles. The van der Waals surface area contributed by atoms with E-state index in [0.29, 0.717) is 6.54 Å². The predicted molar refractivity (Wildman–Crippen MR) is 107 cm³/mol. The van der Waals surface area contributed by atoms with Crippen LogP contribution in [0.2, 0.25) is 0 Å². The fourth-order valence-corrected chi connectivity index (χ4v) is 2.68. The molecule has 2 aromatic rings. The number of hydrogen-bond acceptors (Lipinski definition) is 3. The fraction of sp³-hybridized carbons (Fsp3) is 0.381. The van der Waals surface area contributed by atoms with Gasteiger partial charge in [0.25, 0.3) is 0 Å². The minimum absolute atomic E-state index is 0.671. The number of hydrogen-bond donors (Lipinski definition) is 2. The molecule has 0 aliphatic heterocycles. The second-order valence-corrected chi connectivity index (χ2v) is 5.85. The lowest BCUT2D eigenvalue weighted by molar-refractivity contribution is 0.399. The summed E-state index contributed by atoms with van der Waals surface area (Å²) in [5.41, 5.74) is 2.41. The van der Waals surface area contributed by atoms with Gasteiger partial charge in [-0.05, 0) is 49.1 Å². The minimum atomic E-state index is 0.671. The second kappa shape index (κ2) is 11.0. The van der Waals surface area contributed by atoms with E-state index in [4.69, 9.17) is 9.47 Å². The van der Waals surface area contributed by atoms with E-state index < -0.39 is 0 Å². The maximum Gasteiger partial charge on any atom is 0.191 e. The van der Waals surface area contributed by atoms with Crippen molar-refractivity contribution in [2.24, 2.45) is 4.99 Å². The smallest absolute Gasteiger partial charge is 0.191 e. The van der Waals surface area contributed by atoms with Crippen molar-refractivity contribution in [2.75, 3.05) is 33.9 Å². The molecule has 0 radical (unpaired) electrons. The van der Waals surface area contributed by atoms with Gasteiger partial charge in [0.15, 0.2) is 5.96 Å². The highest BCUT2D eigenvalue weighted by atomic mass is 16.5. The van der Waals surface area contributed by atoms with Gasteiger partial charge in [0.05, 0.1) is 14.2 Å². The molecule has 0 bridgehead atoms. The van der Waals surface area contributed by atoms with Crippen LogP contribution in [-0.4, -0.2) is 39.8 Å². The first-order chi connectivity index (χ1) is 12.8. The van der Waals surface area contributed by atoms with E-state index in [2.05, 4.69) is 46.8 Å². The van der Waals surface area contributed by atoms with Crippen molar-refractivity contribution in [2.45, 2.75) is 19.8 Å². The van der Waals surface area contributed by atoms with Crippen molar-refractivity contribution < 1.29 is 9.47 Å². The summed E-state index contributed by atoms with van der Waals surface area (Å²) in [5.74, 6) is 2.53. The summed E-state index contributed by atoms with van der Waals surface area (Å²) >= 11 is 0. The molecule has 0 saturated heterocycles. The molecule has 0 fully saturated rings. The Bertz CT molecular complexity index is 687. The Hall–Kier alpha value is -2.69. The summed E-state index contributed by atoms with van der Waals surface area (Å²) in [6.07, 6.45) is 1.75. The van der Waals surface area contributed by atoms with Gasteiger partial charge in [0.1, 0.15) is 11.5 Å². The zero-order valence-electron chi connectivity index (χ0n) is 15.9. The van der Waals surface area contributed by atoms with Crippen LogP contribution < -0.4 is 20.1 Å². The highest BCUT2D eigenvalue weighted by molar-refractivity contribution is 5.79. The first kappa shape index (κ1) is 19.6. The number of benzene rings is 2. The maximum absolute atomic E-state index is 5.43. The van der Waals surface area contributed by atoms with E-state index in [1.54, 1.807) is 14.2 Å². The third-order valence-corrected chi connectivity index (χ3v) is 4.03. The van der Waals surface area contributed by atoms with E-state index in [-0.39, 0.29) is 0 Å². The van der Waals surface area contributed by atoms with Crippen LogP contribution >= 0.6 is 0 Å². The lowest BCUT2D eigenvalue weighted by Gasteiger charge is -2.12. The van der Waals surface area contributed by atoms with E-state index in [1.165, 1.54) is 5.56 Å². The van der Waals surface area contributed by atoms with Gasteiger partial charge in [-0.25, -0.2) is 0 Å². The number of aliphatic imine (C=N–C) groups is 1. The molecular weight excluding hydrogens is 326 g/mol. The van der Waals surface area contributed by atoms with E-state index in [1.807, 2.05) is 24.3 Å². The Morgan fingerprint density at radius 3 is 2.46 bits per heavy atom. The summed E-state index contributed by atoms with van der Waals surface area (Å²) in [4.78, 5) is 4.67. The van der Waals surface area contributed by atoms with Crippen LogP contribution in [0, 0.1) is 0 Å². The second-order valence-electron chi connectivity index (χ2n) is 5.85. The summed E-state index contributed by atoms with van der Waals surface area (Å²) < 4.78 is 10.7. The van der Waals surface area contributed by atoms with E-state index in [0.717, 1.165) is 49.0 Å². The van der Waals surface area contributed by atoms with Crippen molar-refractivity contribution in [3.8, 4) is 11.5 Å². The maximum atomic E-state index is 5.43. The number of nitrogens with zero attached hydrogens (tertiary/aromatic N) is 1. The highest BCUT2D eigenvalue weighted by Crippen LogP contribution is 2.24.